The summed E-state index contributed by atoms with van der Waals surface area (Å²) >= 11 is 0. The number of oxazole rings is 1. The number of benzene rings is 1. The summed E-state index contributed by atoms with van der Waals surface area (Å²) in [7, 11) is 0. The highest BCUT2D eigenvalue weighted by Gasteiger charge is 2.28. The van der Waals surface area contributed by atoms with Crippen molar-refractivity contribution in [2.45, 2.75) is 19.1 Å². The van der Waals surface area contributed by atoms with E-state index in [2.05, 4.69) is 25.1 Å². The third kappa shape index (κ3) is 5.00. The molecule has 0 bridgehead atoms. The van der Waals surface area contributed by atoms with Crippen LogP contribution >= 0.6 is 0 Å². The standard InChI is InChI=1S/C20H16F3N5O3/c21-20(22,23)11-30-16-9-14(6-7-24-16)10-25-18(29)17-15(8-13-4-2-1-3-5-13)28-19(31-17)26-12-27-28/h1-7,9,12H,8,10-11H2,(H,25,29). The molecule has 4 aromatic rings. The number of hydrogen-bond acceptors (Lipinski definition) is 6. The lowest BCUT2D eigenvalue weighted by Crippen LogP contribution is -2.24. The van der Waals surface area contributed by atoms with Gasteiger partial charge in [0.25, 0.3) is 5.91 Å². The molecule has 1 N–H and O–H groups in total. The van der Waals surface area contributed by atoms with Gasteiger partial charge in [0.15, 0.2) is 6.61 Å². The van der Waals surface area contributed by atoms with Crippen molar-refractivity contribution in [2.24, 2.45) is 0 Å². The Morgan fingerprint density at radius 1 is 1.13 bits per heavy atom. The zero-order valence-electron chi connectivity index (χ0n) is 16.0. The zero-order valence-corrected chi connectivity index (χ0v) is 16.0. The Balaban J connectivity index is 1.48. The van der Waals surface area contributed by atoms with Gasteiger partial charge in [-0.1, -0.05) is 30.3 Å². The predicted molar refractivity (Wildman–Crippen MR) is 101 cm³/mol. The van der Waals surface area contributed by atoms with Crippen molar-refractivity contribution in [3.8, 4) is 5.88 Å². The lowest BCUT2D eigenvalue weighted by Gasteiger charge is -2.10. The SMILES string of the molecule is O=C(NCc1ccnc(OCC(F)(F)F)c1)c1oc2ncnn2c1Cc1ccccc1. The first-order chi connectivity index (χ1) is 14.9. The van der Waals surface area contributed by atoms with Gasteiger partial charge in [0.05, 0.1) is 0 Å². The number of carbonyl (C=O) groups is 1. The molecule has 0 saturated heterocycles. The lowest BCUT2D eigenvalue weighted by molar-refractivity contribution is -0.154. The number of carbonyl (C=O) groups excluding carboxylic acids is 1. The summed E-state index contributed by atoms with van der Waals surface area (Å²) in [5, 5.41) is 6.79. The van der Waals surface area contributed by atoms with Gasteiger partial charge in [-0.05, 0) is 17.2 Å². The summed E-state index contributed by atoms with van der Waals surface area (Å²) in [5.41, 5.74) is 2.00. The number of rotatable bonds is 7. The molecule has 0 spiro atoms. The molecule has 0 fully saturated rings. The van der Waals surface area contributed by atoms with E-state index in [0.29, 0.717) is 17.7 Å². The Labute approximate surface area is 173 Å². The van der Waals surface area contributed by atoms with Gasteiger partial charge in [0.2, 0.25) is 11.6 Å². The van der Waals surface area contributed by atoms with Gasteiger partial charge >= 0.3 is 12.0 Å². The number of alkyl halides is 3. The first kappa shape index (κ1) is 20.4. The summed E-state index contributed by atoms with van der Waals surface area (Å²) in [4.78, 5) is 20.5. The van der Waals surface area contributed by atoms with E-state index in [1.165, 1.54) is 23.1 Å². The maximum Gasteiger partial charge on any atom is 0.422 e. The fourth-order valence-corrected chi connectivity index (χ4v) is 2.91. The van der Waals surface area contributed by atoms with Crippen LogP contribution in [0.25, 0.3) is 5.84 Å². The van der Waals surface area contributed by atoms with Gasteiger partial charge in [-0.3, -0.25) is 4.79 Å². The molecule has 11 heteroatoms. The third-order valence-corrected chi connectivity index (χ3v) is 4.28. The maximum absolute atomic E-state index is 12.8. The van der Waals surface area contributed by atoms with Crippen LogP contribution in [0.3, 0.4) is 0 Å². The zero-order chi connectivity index (χ0) is 21.8. The average molecular weight is 431 g/mol. The smallest absolute Gasteiger partial charge is 0.422 e. The molecule has 1 aromatic carbocycles. The predicted octanol–water partition coefficient (Wildman–Crippen LogP) is 3.18. The van der Waals surface area contributed by atoms with E-state index in [4.69, 9.17) is 4.42 Å². The Bertz CT molecular complexity index is 1190. The molecule has 0 atom stereocenters. The van der Waals surface area contributed by atoms with E-state index in [-0.39, 0.29) is 24.0 Å². The number of amides is 1. The molecule has 3 aromatic heterocycles. The van der Waals surface area contributed by atoms with E-state index in [1.54, 1.807) is 6.07 Å². The minimum atomic E-state index is -4.47. The number of halogens is 3. The van der Waals surface area contributed by atoms with Crippen LogP contribution in [-0.4, -0.2) is 38.3 Å². The maximum atomic E-state index is 12.8. The monoisotopic (exact) mass is 431 g/mol. The van der Waals surface area contributed by atoms with Crippen molar-refractivity contribution < 1.29 is 27.1 Å². The van der Waals surface area contributed by atoms with Crippen LogP contribution in [0.1, 0.15) is 27.4 Å². The fraction of sp³-hybridized carbons (Fsp3) is 0.200. The Morgan fingerprint density at radius 3 is 2.71 bits per heavy atom. The van der Waals surface area contributed by atoms with Crippen LogP contribution in [0.4, 0.5) is 13.2 Å². The molecule has 0 aliphatic heterocycles. The molecule has 0 saturated carbocycles. The number of ether oxygens (including phenoxy) is 1. The molecule has 1 amide bonds. The van der Waals surface area contributed by atoms with E-state index in [9.17, 15) is 18.0 Å². The number of pyridine rings is 1. The second-order valence-corrected chi connectivity index (χ2v) is 6.58. The fourth-order valence-electron chi connectivity index (χ4n) is 2.91. The molecular formula is C20H16F3N5O3. The van der Waals surface area contributed by atoms with Crippen molar-refractivity contribution in [1.29, 1.82) is 0 Å². The van der Waals surface area contributed by atoms with Crippen molar-refractivity contribution in [3.05, 3.63) is 77.6 Å². The van der Waals surface area contributed by atoms with Crippen molar-refractivity contribution in [2.75, 3.05) is 6.61 Å². The second kappa shape index (κ2) is 8.46. The average Bonchev–Trinajstić information content (AvgIpc) is 3.34. The van der Waals surface area contributed by atoms with Crippen LogP contribution in [0.5, 0.6) is 5.88 Å². The van der Waals surface area contributed by atoms with Gasteiger partial charge < -0.3 is 14.5 Å². The molecule has 0 aliphatic carbocycles. The van der Waals surface area contributed by atoms with Gasteiger partial charge in [-0.25, -0.2) is 4.98 Å². The number of nitrogens with zero attached hydrogens (tertiary/aromatic N) is 4. The Morgan fingerprint density at radius 2 is 1.94 bits per heavy atom. The topological polar surface area (TPSA) is 94.5 Å². The molecule has 0 radical (unpaired) electrons. The van der Waals surface area contributed by atoms with Crippen LogP contribution in [0.2, 0.25) is 0 Å². The van der Waals surface area contributed by atoms with Crippen molar-refractivity contribution in [1.82, 2.24) is 24.9 Å². The van der Waals surface area contributed by atoms with Gasteiger partial charge in [0, 0.05) is 25.2 Å². The minimum absolute atomic E-state index is 0.0327. The first-order valence-corrected chi connectivity index (χ1v) is 9.17. The van der Waals surface area contributed by atoms with Crippen molar-refractivity contribution in [3.63, 3.8) is 0 Å². The quantitative estimate of drug-likeness (QED) is 0.483. The van der Waals surface area contributed by atoms with E-state index in [1.807, 2.05) is 30.3 Å². The third-order valence-electron chi connectivity index (χ3n) is 4.28. The highest BCUT2D eigenvalue weighted by Crippen LogP contribution is 2.20. The summed E-state index contributed by atoms with van der Waals surface area (Å²) in [6.45, 7) is -1.41. The molecule has 8 nitrogen and oxygen atoms in total. The van der Waals surface area contributed by atoms with E-state index < -0.39 is 18.7 Å². The van der Waals surface area contributed by atoms with Gasteiger partial charge in [0.1, 0.15) is 12.0 Å². The molecule has 160 valence electrons. The largest absolute Gasteiger partial charge is 0.468 e. The van der Waals surface area contributed by atoms with Crippen LogP contribution in [0.15, 0.2) is 59.4 Å². The van der Waals surface area contributed by atoms with Crippen LogP contribution < -0.4 is 10.1 Å². The Kier molecular flexibility index (Phi) is 5.56. The highest BCUT2D eigenvalue weighted by molar-refractivity contribution is 5.93. The van der Waals surface area contributed by atoms with Crippen LogP contribution in [0, 0.1) is 0 Å². The number of fused-ring (bicyclic) bond motifs is 1. The molecule has 4 rings (SSSR count). The van der Waals surface area contributed by atoms with Gasteiger partial charge in [-0.2, -0.15) is 27.8 Å². The van der Waals surface area contributed by atoms with E-state index >= 15 is 0 Å². The van der Waals surface area contributed by atoms with Crippen LogP contribution in [-0.2, 0) is 13.0 Å². The lowest BCUT2D eigenvalue weighted by atomic mass is 10.1. The molecule has 3 heterocycles. The summed E-state index contributed by atoms with van der Waals surface area (Å²) < 4.78 is 48.6. The van der Waals surface area contributed by atoms with Crippen molar-refractivity contribution >= 4 is 11.8 Å². The molecule has 0 aliphatic rings. The summed E-state index contributed by atoms with van der Waals surface area (Å²) in [6, 6.07) is 12.4. The molecular weight excluding hydrogens is 415 g/mol. The minimum Gasteiger partial charge on any atom is -0.468 e. The second-order valence-electron chi connectivity index (χ2n) is 6.58. The number of nitrogens with one attached hydrogen (secondary N) is 1. The number of hydrogen-bond donors (Lipinski definition) is 1. The molecule has 31 heavy (non-hydrogen) atoms. The summed E-state index contributed by atoms with van der Waals surface area (Å²) in [5.74, 6) is -0.452. The van der Waals surface area contributed by atoms with Gasteiger partial charge in [-0.15, -0.1) is 0 Å². The first-order valence-electron chi connectivity index (χ1n) is 9.17. The number of aromatic nitrogens is 4. The van der Waals surface area contributed by atoms with E-state index in [0.717, 1.165) is 5.56 Å². The Hall–Kier alpha value is -3.89. The normalized spacial score (nSPS) is 11.6. The highest BCUT2D eigenvalue weighted by atomic mass is 19.4. The molecule has 0 unspecified atom stereocenters. The summed E-state index contributed by atoms with van der Waals surface area (Å²) in [6.07, 6.45) is -1.44.